The molecular weight excluding hydrogens is 1060 g/mol. The molecule has 9 heterocycles. The molecule has 20 nitrogen and oxygen atoms in total. The topological polar surface area (TPSA) is 247 Å². The van der Waals surface area contributed by atoms with Crippen LogP contribution in [-0.2, 0) is 36.8 Å². The molecule has 1 unspecified atom stereocenters. The van der Waals surface area contributed by atoms with Gasteiger partial charge in [0.1, 0.15) is 24.2 Å². The fourth-order valence-electron chi connectivity index (χ4n) is 11.8. The van der Waals surface area contributed by atoms with E-state index >= 15 is 4.39 Å². The fourth-order valence-corrected chi connectivity index (χ4v) is 13.4. The van der Waals surface area contributed by atoms with Gasteiger partial charge in [-0.25, -0.2) is 32.2 Å². The minimum absolute atomic E-state index is 0.0178. The normalized spacial score (nSPS) is 23.3. The molecule has 3 amide bonds. The number of β-amino-alcohol motifs (C(OH)–C–C–N with tert-alkyl or cyclic N) is 1. The van der Waals surface area contributed by atoms with Crippen LogP contribution in [0.5, 0.6) is 5.88 Å². The van der Waals surface area contributed by atoms with Gasteiger partial charge < -0.3 is 44.7 Å². The first kappa shape index (κ1) is 53.6. The molecule has 0 radical (unpaired) electrons. The van der Waals surface area contributed by atoms with Gasteiger partial charge in [0.25, 0.3) is 23.3 Å². The summed E-state index contributed by atoms with van der Waals surface area (Å²) in [6, 6.07) is 9.80. The Bertz CT molecular complexity index is 3630. The van der Waals surface area contributed by atoms with Gasteiger partial charge in [-0.05, 0) is 66.1 Å². The second-order valence-corrected chi connectivity index (χ2v) is 24.5. The number of amidine groups is 1. The largest absolute Gasteiger partial charge is 0.474 e. The van der Waals surface area contributed by atoms with Crippen molar-refractivity contribution < 1.29 is 45.9 Å². The molecule has 5 aromatic rings. The third kappa shape index (κ3) is 9.96. The lowest BCUT2D eigenvalue weighted by molar-refractivity contribution is -0.134. The molecule has 2 fully saturated rings. The van der Waals surface area contributed by atoms with Crippen molar-refractivity contribution in [1.29, 1.82) is 0 Å². The van der Waals surface area contributed by atoms with Crippen LogP contribution >= 0.6 is 11.3 Å². The number of nitrogens with one attached hydrogen (secondary N) is 3. The molecule has 4 aromatic heterocycles. The average molecular weight is 1120 g/mol. The lowest BCUT2D eigenvalue weighted by atomic mass is 9.89. The van der Waals surface area contributed by atoms with Gasteiger partial charge >= 0.3 is 0 Å². The molecule has 0 saturated carbocycles. The summed E-state index contributed by atoms with van der Waals surface area (Å²) < 4.78 is 69.4. The van der Waals surface area contributed by atoms with Crippen LogP contribution in [-0.4, -0.2) is 142 Å². The smallest absolute Gasteiger partial charge is 0.260 e. The zero-order valence-corrected chi connectivity index (χ0v) is 45.9. The zero-order valence-electron chi connectivity index (χ0n) is 44.2. The maximum Gasteiger partial charge on any atom is 0.260 e. The molecule has 5 aliphatic heterocycles. The predicted octanol–water partition coefficient (Wildman–Crippen LogP) is 4.18. The third-order valence-corrected chi connectivity index (χ3v) is 17.5. The number of thiazole rings is 1. The third-order valence-electron chi connectivity index (χ3n) is 15.7. The van der Waals surface area contributed by atoms with Crippen LogP contribution < -0.4 is 31.1 Å². The lowest BCUT2D eigenvalue weighted by Crippen LogP contribution is -2.48. The summed E-state index contributed by atoms with van der Waals surface area (Å²) >= 11 is 1.54. The number of likely N-dealkylation sites (tertiary alicyclic amines) is 2. The van der Waals surface area contributed by atoms with Crippen LogP contribution in [0.3, 0.4) is 0 Å². The van der Waals surface area contributed by atoms with E-state index in [1.807, 2.05) is 45.0 Å². The Kier molecular flexibility index (Phi) is 14.0. The molecule has 79 heavy (non-hydrogen) atoms. The first-order valence-electron chi connectivity index (χ1n) is 26.1. The molecular formula is C55H59F2N11O9S2. The van der Waals surface area contributed by atoms with Crippen molar-refractivity contribution in [2.24, 2.45) is 18.0 Å². The van der Waals surface area contributed by atoms with Crippen LogP contribution in [0.25, 0.3) is 21.7 Å². The Morgan fingerprint density at radius 1 is 1.08 bits per heavy atom. The molecule has 0 bridgehead atoms. The van der Waals surface area contributed by atoms with Gasteiger partial charge in [0.05, 0.1) is 63.1 Å². The standard InChI is InChI=1S/C55H59F2N11O9S2/c1-28(2)43(53(72)68-24-34(69)20-40(68)49-62-54(73)55(4,63-49)31-9-7-30(8-10-31)48-29(3)60-27-78-48)41-21-42(64-77-41)76-18-17-66-16-12-33(23-66)61-51(70)44-36-25-67(50-38(57)19-32(56)22-59-50)39-11-14-58-47(45(36)39)46-35(13-15-65(5)52(46)71)37(44)26-79(6,74)75/h7-10,13,15,19,21-22,25,27-28,33-34,39-40,43,58,69H,11-12,14,16-18,20,23-24,26H2,1-6H3,(H,61,70)(H,62,63,73)/t33-,34+,39?,40+,43+,55-/m0/s1. The highest BCUT2D eigenvalue weighted by molar-refractivity contribution is 7.91. The van der Waals surface area contributed by atoms with Gasteiger partial charge in [-0.15, -0.1) is 11.3 Å². The number of hydrogen-bond acceptors (Lipinski definition) is 17. The summed E-state index contributed by atoms with van der Waals surface area (Å²) in [6.07, 6.45) is 5.24. The van der Waals surface area contributed by atoms with Crippen molar-refractivity contribution in [3.05, 3.63) is 133 Å². The highest BCUT2D eigenvalue weighted by atomic mass is 32.2. The molecule has 414 valence electrons. The van der Waals surface area contributed by atoms with Crippen molar-refractivity contribution >= 4 is 61.8 Å². The number of aryl methyl sites for hydroxylation is 2. The summed E-state index contributed by atoms with van der Waals surface area (Å²) in [5.41, 5.74) is 4.44. The van der Waals surface area contributed by atoms with E-state index in [0.29, 0.717) is 67.3 Å². The van der Waals surface area contributed by atoms with Crippen LogP contribution in [0.4, 0.5) is 14.6 Å². The van der Waals surface area contributed by atoms with Crippen molar-refractivity contribution in [2.45, 2.75) is 82.6 Å². The molecule has 2 saturated heterocycles. The fraction of sp³-hybridized carbons (Fsp3) is 0.418. The van der Waals surface area contributed by atoms with E-state index < -0.39 is 74.4 Å². The van der Waals surface area contributed by atoms with E-state index in [1.165, 1.54) is 27.0 Å². The molecule has 6 aliphatic rings. The number of aliphatic hydroxyl groups is 1. The Labute approximate surface area is 457 Å². The summed E-state index contributed by atoms with van der Waals surface area (Å²) in [6.45, 7) is 9.34. The quantitative estimate of drug-likeness (QED) is 0.115. The number of pyridine rings is 2. The molecule has 6 atom stereocenters. The van der Waals surface area contributed by atoms with Crippen LogP contribution in [0.2, 0.25) is 0 Å². The monoisotopic (exact) mass is 1120 g/mol. The number of carbonyl (C=O) groups is 3. The number of benzene rings is 1. The van der Waals surface area contributed by atoms with Gasteiger partial charge in [0.15, 0.2) is 32.8 Å². The number of rotatable bonds is 15. The van der Waals surface area contributed by atoms with E-state index in [1.54, 1.807) is 42.7 Å². The number of aromatic nitrogens is 4. The summed E-state index contributed by atoms with van der Waals surface area (Å²) in [5, 5.41) is 24.5. The van der Waals surface area contributed by atoms with Gasteiger partial charge in [0.2, 0.25) is 5.91 Å². The van der Waals surface area contributed by atoms with E-state index in [0.717, 1.165) is 34.7 Å². The number of amides is 3. The number of sulfone groups is 1. The maximum absolute atomic E-state index is 15.5. The summed E-state index contributed by atoms with van der Waals surface area (Å²) in [5.74, 6) is -4.22. The molecule has 0 spiro atoms. The minimum atomic E-state index is -3.83. The molecule has 4 N–H and O–H groups in total. The highest BCUT2D eigenvalue weighted by Gasteiger charge is 2.49. The number of aliphatic imine (C=N–C) groups is 1. The molecule has 1 aliphatic carbocycles. The number of carbonyl (C=O) groups excluding carboxylic acids is 3. The number of fused-ring (bicyclic) bond motifs is 2. The lowest BCUT2D eigenvalue weighted by Gasteiger charge is -2.32. The Morgan fingerprint density at radius 3 is 2.58 bits per heavy atom. The van der Waals surface area contributed by atoms with Gasteiger partial charge in [-0.3, -0.25) is 24.1 Å². The number of ether oxygens (including phenoxy) is 1. The maximum atomic E-state index is 15.5. The number of hydrogen-bond donors (Lipinski definition) is 4. The number of nitrogens with zero attached hydrogens (tertiary/aromatic N) is 8. The average Bonchev–Trinajstić information content (AvgIpc) is 4.42. The minimum Gasteiger partial charge on any atom is -0.474 e. The van der Waals surface area contributed by atoms with Gasteiger partial charge in [0, 0.05) is 94.2 Å². The highest BCUT2D eigenvalue weighted by Crippen LogP contribution is 2.48. The van der Waals surface area contributed by atoms with Crippen molar-refractivity contribution in [2.75, 3.05) is 56.2 Å². The Hall–Kier alpha value is -7.41. The Morgan fingerprint density at radius 2 is 1.86 bits per heavy atom. The number of halogens is 2. The van der Waals surface area contributed by atoms with E-state index in [4.69, 9.17) is 14.3 Å². The van der Waals surface area contributed by atoms with Crippen LogP contribution in [0.15, 0.2) is 97.6 Å². The zero-order chi connectivity index (χ0) is 55.8. The summed E-state index contributed by atoms with van der Waals surface area (Å²) in [7, 11) is -2.26. The molecule has 11 rings (SSSR count). The van der Waals surface area contributed by atoms with Gasteiger partial charge in [-0.2, -0.15) is 0 Å². The molecule has 1 aromatic carbocycles. The van der Waals surface area contributed by atoms with Crippen molar-refractivity contribution in [3.63, 3.8) is 0 Å². The predicted molar refractivity (Wildman–Crippen MR) is 290 cm³/mol. The second-order valence-electron chi connectivity index (χ2n) is 21.5. The van der Waals surface area contributed by atoms with Crippen molar-refractivity contribution in [1.82, 2.24) is 45.4 Å². The SMILES string of the molecule is Cc1ncsc1-c1ccc([C@]2(C)N=C([C@H]3C[C@@H](O)CN3C(=O)[C@@H](c3cc(OCCN4CC[C@H](NC(=O)C5=C(CS(C)(=O)=O)c6ccn(C)c(=O)c6C6=C7C5=CN(c5ncc(F)cc5F)C7CCN6)C4)no3)C(C)C)NC2=O)cc1. The van der Waals surface area contributed by atoms with E-state index in [9.17, 15) is 37.1 Å². The molecule has 24 heteroatoms. The first-order chi connectivity index (χ1) is 37.7. The van der Waals surface area contributed by atoms with Crippen molar-refractivity contribution in [3.8, 4) is 16.3 Å². The van der Waals surface area contributed by atoms with Crippen LogP contribution in [0, 0.1) is 24.5 Å². The number of anilines is 1. The van der Waals surface area contributed by atoms with Gasteiger partial charge in [-0.1, -0.05) is 38.1 Å². The second kappa shape index (κ2) is 20.7. The van der Waals surface area contributed by atoms with E-state index in [2.05, 4.69) is 36.0 Å². The van der Waals surface area contributed by atoms with E-state index in [-0.39, 0.29) is 77.0 Å². The summed E-state index contributed by atoms with van der Waals surface area (Å²) in [4.78, 5) is 76.7. The number of aliphatic hydroxyl groups excluding tert-OH is 1. The first-order valence-corrected chi connectivity index (χ1v) is 29.1. The Balaban J connectivity index is 0.772. The van der Waals surface area contributed by atoms with Crippen LogP contribution in [0.1, 0.15) is 74.1 Å².